The molecule has 0 saturated heterocycles. The second kappa shape index (κ2) is 6.67. The molecule has 2 rings (SSSR count). The summed E-state index contributed by atoms with van der Waals surface area (Å²) < 4.78 is 12.9. The van der Waals surface area contributed by atoms with Crippen molar-refractivity contribution in [2.45, 2.75) is 4.90 Å². The summed E-state index contributed by atoms with van der Waals surface area (Å²) >= 11 is 3.31. The number of amides is 1. The third kappa shape index (κ3) is 3.91. The molecule has 2 aromatic rings. The molecule has 20 heavy (non-hydrogen) atoms. The highest BCUT2D eigenvalue weighted by atomic mass is 79.9. The lowest BCUT2D eigenvalue weighted by Gasteiger charge is -2.08. The van der Waals surface area contributed by atoms with Crippen LogP contribution < -0.4 is 11.1 Å². The number of para-hydroxylation sites is 2. The molecule has 3 N–H and O–H groups in total. The van der Waals surface area contributed by atoms with E-state index in [4.69, 9.17) is 5.73 Å². The largest absolute Gasteiger partial charge is 0.397 e. The van der Waals surface area contributed by atoms with E-state index in [1.807, 2.05) is 6.07 Å². The summed E-state index contributed by atoms with van der Waals surface area (Å²) in [5.41, 5.74) is 6.75. The minimum Gasteiger partial charge on any atom is -0.397 e. The quantitative estimate of drug-likeness (QED) is 0.831. The third-order valence-electron chi connectivity index (χ3n) is 2.56. The molecule has 4 nitrogen and oxygen atoms in total. The summed E-state index contributed by atoms with van der Waals surface area (Å²) in [6, 6.07) is 14.0. The van der Waals surface area contributed by atoms with E-state index >= 15 is 0 Å². The molecule has 0 heterocycles. The van der Waals surface area contributed by atoms with Crippen molar-refractivity contribution in [1.82, 2.24) is 0 Å². The van der Waals surface area contributed by atoms with Crippen molar-refractivity contribution < 1.29 is 9.00 Å². The molecule has 6 heteroatoms. The van der Waals surface area contributed by atoms with Crippen LogP contribution in [0.3, 0.4) is 0 Å². The van der Waals surface area contributed by atoms with Crippen LogP contribution in [0.25, 0.3) is 0 Å². The zero-order valence-corrected chi connectivity index (χ0v) is 12.9. The molecular weight excluding hydrogens is 340 g/mol. The second-order valence-corrected chi connectivity index (χ2v) is 6.45. The Balaban J connectivity index is 2.02. The summed E-state index contributed by atoms with van der Waals surface area (Å²) in [4.78, 5) is 12.5. The fourth-order valence-corrected chi connectivity index (χ4v) is 3.12. The molecule has 0 fully saturated rings. The number of hydrogen-bond acceptors (Lipinski definition) is 3. The van der Waals surface area contributed by atoms with E-state index in [9.17, 15) is 9.00 Å². The highest BCUT2D eigenvalue weighted by Crippen LogP contribution is 2.18. The summed E-state index contributed by atoms with van der Waals surface area (Å²) in [5.74, 6) is -0.439. The van der Waals surface area contributed by atoms with Crippen LogP contribution in [0.5, 0.6) is 0 Å². The highest BCUT2D eigenvalue weighted by Gasteiger charge is 2.11. The number of benzene rings is 2. The van der Waals surface area contributed by atoms with Crippen LogP contribution in [0.1, 0.15) is 0 Å². The predicted molar refractivity (Wildman–Crippen MR) is 84.9 cm³/mol. The molecule has 0 saturated carbocycles. The Hall–Kier alpha value is -1.66. The van der Waals surface area contributed by atoms with Gasteiger partial charge in [0.15, 0.2) is 0 Å². The van der Waals surface area contributed by atoms with Crippen molar-refractivity contribution in [3.8, 4) is 0 Å². The zero-order chi connectivity index (χ0) is 14.5. The maximum absolute atomic E-state index is 12.1. The van der Waals surface area contributed by atoms with Gasteiger partial charge in [-0.15, -0.1) is 0 Å². The van der Waals surface area contributed by atoms with Gasteiger partial charge in [-0.2, -0.15) is 0 Å². The van der Waals surface area contributed by atoms with Gasteiger partial charge >= 0.3 is 0 Å². The van der Waals surface area contributed by atoms with Gasteiger partial charge in [-0.25, -0.2) is 0 Å². The Morgan fingerprint density at radius 3 is 2.65 bits per heavy atom. The van der Waals surface area contributed by atoms with Crippen molar-refractivity contribution >= 4 is 44.0 Å². The Morgan fingerprint density at radius 1 is 1.20 bits per heavy atom. The first kappa shape index (κ1) is 14.7. The SMILES string of the molecule is Nc1ccccc1NC(=O)CS(=O)c1cccc(Br)c1. The Morgan fingerprint density at radius 2 is 1.95 bits per heavy atom. The number of nitrogens with one attached hydrogen (secondary N) is 1. The van der Waals surface area contributed by atoms with Crippen molar-refractivity contribution in [3.05, 3.63) is 53.0 Å². The molecule has 104 valence electrons. The molecule has 0 radical (unpaired) electrons. The number of nitrogens with two attached hydrogens (primary N) is 1. The van der Waals surface area contributed by atoms with Crippen LogP contribution in [0.15, 0.2) is 57.9 Å². The molecule has 1 amide bonds. The number of carbonyl (C=O) groups excluding carboxylic acids is 1. The topological polar surface area (TPSA) is 72.2 Å². The van der Waals surface area contributed by atoms with Gasteiger partial charge in [0.1, 0.15) is 5.75 Å². The summed E-state index contributed by atoms with van der Waals surface area (Å²) in [7, 11) is -1.39. The van der Waals surface area contributed by atoms with E-state index < -0.39 is 10.8 Å². The van der Waals surface area contributed by atoms with Gasteiger partial charge in [-0.05, 0) is 30.3 Å². The summed E-state index contributed by atoms with van der Waals surface area (Å²) in [6.07, 6.45) is 0. The standard InChI is InChI=1S/C14H13BrN2O2S/c15-10-4-3-5-11(8-10)20(19)9-14(18)17-13-7-2-1-6-12(13)16/h1-8H,9,16H2,(H,17,18). The van der Waals surface area contributed by atoms with E-state index in [2.05, 4.69) is 21.2 Å². The fourth-order valence-electron chi connectivity index (χ4n) is 1.61. The van der Waals surface area contributed by atoms with Gasteiger partial charge in [-0.3, -0.25) is 9.00 Å². The van der Waals surface area contributed by atoms with Crippen molar-refractivity contribution in [1.29, 1.82) is 0 Å². The average molecular weight is 353 g/mol. The first-order chi connectivity index (χ1) is 9.56. The number of anilines is 2. The molecule has 1 unspecified atom stereocenters. The molecule has 0 aliphatic carbocycles. The van der Waals surface area contributed by atoms with E-state index in [1.165, 1.54) is 0 Å². The normalized spacial score (nSPS) is 11.8. The molecule has 0 aliphatic heterocycles. The monoisotopic (exact) mass is 352 g/mol. The van der Waals surface area contributed by atoms with Crippen molar-refractivity contribution in [3.63, 3.8) is 0 Å². The van der Waals surface area contributed by atoms with Gasteiger partial charge in [0.2, 0.25) is 5.91 Å². The van der Waals surface area contributed by atoms with Crippen LogP contribution in [-0.2, 0) is 15.6 Å². The van der Waals surface area contributed by atoms with E-state index in [-0.39, 0.29) is 11.7 Å². The van der Waals surface area contributed by atoms with Gasteiger partial charge in [0.05, 0.1) is 22.2 Å². The second-order valence-electron chi connectivity index (χ2n) is 4.08. The minimum atomic E-state index is -1.39. The summed E-state index contributed by atoms with van der Waals surface area (Å²) in [5, 5.41) is 2.66. The molecule has 1 atom stereocenters. The lowest BCUT2D eigenvalue weighted by atomic mass is 10.3. The van der Waals surface area contributed by atoms with Crippen LogP contribution in [0, 0.1) is 0 Å². The number of nitrogen functional groups attached to an aromatic ring is 1. The predicted octanol–water partition coefficient (Wildman–Crippen LogP) is 2.78. The van der Waals surface area contributed by atoms with Crippen LogP contribution >= 0.6 is 15.9 Å². The average Bonchev–Trinajstić information content (AvgIpc) is 2.41. The highest BCUT2D eigenvalue weighted by molar-refractivity contribution is 9.10. The van der Waals surface area contributed by atoms with E-state index in [1.54, 1.807) is 42.5 Å². The summed E-state index contributed by atoms with van der Waals surface area (Å²) in [6.45, 7) is 0. The van der Waals surface area contributed by atoms with E-state index in [0.717, 1.165) is 4.47 Å². The molecular formula is C14H13BrN2O2S. The van der Waals surface area contributed by atoms with Gasteiger partial charge < -0.3 is 11.1 Å². The smallest absolute Gasteiger partial charge is 0.237 e. The van der Waals surface area contributed by atoms with Gasteiger partial charge in [0, 0.05) is 9.37 Å². The number of rotatable bonds is 4. The first-order valence-electron chi connectivity index (χ1n) is 5.84. The zero-order valence-electron chi connectivity index (χ0n) is 10.5. The first-order valence-corrected chi connectivity index (χ1v) is 7.96. The van der Waals surface area contributed by atoms with Crippen LogP contribution in [-0.4, -0.2) is 15.9 Å². The van der Waals surface area contributed by atoms with Crippen LogP contribution in [0.2, 0.25) is 0 Å². The molecule has 0 spiro atoms. The van der Waals surface area contributed by atoms with Crippen molar-refractivity contribution in [2.24, 2.45) is 0 Å². The lowest BCUT2D eigenvalue weighted by molar-refractivity contribution is -0.113. The van der Waals surface area contributed by atoms with Crippen LogP contribution in [0.4, 0.5) is 11.4 Å². The van der Waals surface area contributed by atoms with Crippen molar-refractivity contribution in [2.75, 3.05) is 16.8 Å². The third-order valence-corrected chi connectivity index (χ3v) is 4.35. The molecule has 0 aromatic heterocycles. The number of carbonyl (C=O) groups is 1. The number of hydrogen-bond donors (Lipinski definition) is 2. The van der Waals surface area contributed by atoms with Gasteiger partial charge in [0.25, 0.3) is 0 Å². The molecule has 0 aliphatic rings. The van der Waals surface area contributed by atoms with Gasteiger partial charge in [-0.1, -0.05) is 34.1 Å². The van der Waals surface area contributed by atoms with E-state index in [0.29, 0.717) is 16.3 Å². The Kier molecular flexibility index (Phi) is 4.92. The minimum absolute atomic E-state index is 0.106. The lowest BCUT2D eigenvalue weighted by Crippen LogP contribution is -2.20. The Labute approximate surface area is 128 Å². The molecule has 2 aromatic carbocycles. The molecule has 0 bridgehead atoms. The fraction of sp³-hybridized carbons (Fsp3) is 0.0714. The maximum Gasteiger partial charge on any atom is 0.237 e. The maximum atomic E-state index is 12.1. The number of halogens is 1. The Bertz CT molecular complexity index is 661.